The molecule has 1 N–H and O–H groups in total. The lowest BCUT2D eigenvalue weighted by molar-refractivity contribution is -0.127. The van der Waals surface area contributed by atoms with Gasteiger partial charge in [-0.1, -0.05) is 35.0 Å². The van der Waals surface area contributed by atoms with Crippen LogP contribution in [0.25, 0.3) is 11.4 Å². The molecule has 140 valence electrons. The molecule has 0 radical (unpaired) electrons. The summed E-state index contributed by atoms with van der Waals surface area (Å²) in [7, 11) is 0. The largest absolute Gasteiger partial charge is 0.481 e. The highest BCUT2D eigenvalue weighted by atomic mass is 35.5. The predicted molar refractivity (Wildman–Crippen MR) is 103 cm³/mol. The normalized spacial score (nSPS) is 11.9. The Kier molecular flexibility index (Phi) is 5.76. The number of ether oxygens (including phenoxy) is 1. The van der Waals surface area contributed by atoms with Gasteiger partial charge < -0.3 is 14.6 Å². The van der Waals surface area contributed by atoms with Crippen molar-refractivity contribution >= 4 is 17.5 Å². The van der Waals surface area contributed by atoms with Crippen LogP contribution in [0.5, 0.6) is 5.75 Å². The second kappa shape index (κ2) is 8.22. The summed E-state index contributed by atoms with van der Waals surface area (Å²) in [6, 6.07) is 13.0. The lowest BCUT2D eigenvalue weighted by Gasteiger charge is -2.15. The van der Waals surface area contributed by atoms with E-state index in [0.29, 0.717) is 22.2 Å². The number of aryl methyl sites for hydroxylation is 2. The fourth-order valence-corrected chi connectivity index (χ4v) is 2.86. The molecule has 0 aliphatic rings. The SMILES string of the molecule is Cc1cc(C)cc(O[C@@H](C)C(=O)NCc2nc(-c3ccccc3Cl)no2)c1. The topological polar surface area (TPSA) is 77.2 Å². The molecule has 0 unspecified atom stereocenters. The Hall–Kier alpha value is -2.86. The highest BCUT2D eigenvalue weighted by Gasteiger charge is 2.17. The molecule has 3 rings (SSSR count). The molecule has 0 saturated carbocycles. The van der Waals surface area contributed by atoms with Crippen molar-refractivity contribution in [1.29, 1.82) is 0 Å². The van der Waals surface area contributed by atoms with E-state index in [9.17, 15) is 4.79 Å². The van der Waals surface area contributed by atoms with Crippen LogP contribution in [0.4, 0.5) is 0 Å². The summed E-state index contributed by atoms with van der Waals surface area (Å²) < 4.78 is 10.9. The summed E-state index contributed by atoms with van der Waals surface area (Å²) in [4.78, 5) is 16.5. The maximum absolute atomic E-state index is 12.3. The molecular weight excluding hydrogens is 366 g/mol. The molecule has 0 bridgehead atoms. The van der Waals surface area contributed by atoms with Gasteiger partial charge >= 0.3 is 0 Å². The highest BCUT2D eigenvalue weighted by molar-refractivity contribution is 6.33. The zero-order valence-corrected chi connectivity index (χ0v) is 16.1. The van der Waals surface area contributed by atoms with Crippen molar-refractivity contribution in [2.24, 2.45) is 0 Å². The molecule has 3 aromatic rings. The third-order valence-electron chi connectivity index (χ3n) is 3.87. The molecule has 0 fully saturated rings. The molecule has 1 amide bonds. The summed E-state index contributed by atoms with van der Waals surface area (Å²) in [5.41, 5.74) is 2.83. The van der Waals surface area contributed by atoms with Gasteiger partial charge in [-0.3, -0.25) is 4.79 Å². The van der Waals surface area contributed by atoms with Gasteiger partial charge in [0.1, 0.15) is 5.75 Å². The van der Waals surface area contributed by atoms with Crippen LogP contribution in [0.2, 0.25) is 5.02 Å². The van der Waals surface area contributed by atoms with Crippen LogP contribution in [0.15, 0.2) is 47.0 Å². The smallest absolute Gasteiger partial charge is 0.261 e. The number of benzene rings is 2. The average molecular weight is 386 g/mol. The standard InChI is InChI=1S/C20H20ClN3O3/c1-12-8-13(2)10-15(9-12)26-14(3)20(25)22-11-18-23-19(24-27-18)16-6-4-5-7-17(16)21/h4-10,14H,11H2,1-3H3,(H,22,25)/t14-/m0/s1. The molecule has 1 atom stereocenters. The molecule has 27 heavy (non-hydrogen) atoms. The van der Waals surface area contributed by atoms with Gasteiger partial charge in [0.25, 0.3) is 5.91 Å². The minimum absolute atomic E-state index is 0.108. The highest BCUT2D eigenvalue weighted by Crippen LogP contribution is 2.24. The fourth-order valence-electron chi connectivity index (χ4n) is 2.64. The van der Waals surface area contributed by atoms with Crippen molar-refractivity contribution in [3.05, 3.63) is 64.5 Å². The van der Waals surface area contributed by atoms with Crippen molar-refractivity contribution in [3.8, 4) is 17.1 Å². The van der Waals surface area contributed by atoms with Crippen LogP contribution in [-0.2, 0) is 11.3 Å². The Morgan fingerprint density at radius 3 is 2.63 bits per heavy atom. The Bertz CT molecular complexity index is 935. The number of amides is 1. The minimum atomic E-state index is -0.655. The maximum Gasteiger partial charge on any atom is 0.261 e. The van der Waals surface area contributed by atoms with E-state index in [1.54, 1.807) is 19.1 Å². The van der Waals surface area contributed by atoms with E-state index in [1.165, 1.54) is 0 Å². The number of aromatic nitrogens is 2. The molecule has 6 nitrogen and oxygen atoms in total. The van der Waals surface area contributed by atoms with Crippen molar-refractivity contribution in [2.45, 2.75) is 33.4 Å². The van der Waals surface area contributed by atoms with Crippen molar-refractivity contribution in [1.82, 2.24) is 15.5 Å². The van der Waals surface area contributed by atoms with Gasteiger partial charge in [0, 0.05) is 5.56 Å². The Labute approximate surface area is 162 Å². The zero-order valence-electron chi connectivity index (χ0n) is 15.3. The van der Waals surface area contributed by atoms with Crippen molar-refractivity contribution < 1.29 is 14.1 Å². The van der Waals surface area contributed by atoms with Gasteiger partial charge in [-0.2, -0.15) is 4.98 Å². The predicted octanol–water partition coefficient (Wildman–Crippen LogP) is 4.09. The Morgan fingerprint density at radius 1 is 1.22 bits per heavy atom. The van der Waals surface area contributed by atoms with Crippen LogP contribution in [0.1, 0.15) is 23.9 Å². The first-order valence-electron chi connectivity index (χ1n) is 8.52. The van der Waals surface area contributed by atoms with Crippen LogP contribution in [0, 0.1) is 13.8 Å². The van der Waals surface area contributed by atoms with Crippen LogP contribution >= 0.6 is 11.6 Å². The zero-order chi connectivity index (χ0) is 19.4. The summed E-state index contributed by atoms with van der Waals surface area (Å²) in [5, 5.41) is 7.17. The molecule has 0 aliphatic carbocycles. The molecule has 1 heterocycles. The summed E-state index contributed by atoms with van der Waals surface area (Å²) in [5.74, 6) is 1.06. The number of rotatable bonds is 6. The minimum Gasteiger partial charge on any atom is -0.481 e. The first kappa shape index (κ1) is 18.9. The second-order valence-corrected chi connectivity index (χ2v) is 6.70. The number of carbonyl (C=O) groups is 1. The number of nitrogens with one attached hydrogen (secondary N) is 1. The molecule has 7 heteroatoms. The fraction of sp³-hybridized carbons (Fsp3) is 0.250. The van der Waals surface area contributed by atoms with Gasteiger partial charge in [-0.05, 0) is 56.2 Å². The van der Waals surface area contributed by atoms with Gasteiger partial charge in [-0.15, -0.1) is 0 Å². The molecule has 2 aromatic carbocycles. The van der Waals surface area contributed by atoms with E-state index >= 15 is 0 Å². The molecule has 0 saturated heterocycles. The lowest BCUT2D eigenvalue weighted by atomic mass is 10.1. The summed E-state index contributed by atoms with van der Waals surface area (Å²) >= 11 is 6.13. The maximum atomic E-state index is 12.3. The number of carbonyl (C=O) groups excluding carboxylic acids is 1. The third kappa shape index (κ3) is 4.86. The van der Waals surface area contributed by atoms with Gasteiger partial charge in [0.2, 0.25) is 11.7 Å². The van der Waals surface area contributed by atoms with Gasteiger partial charge in [0.15, 0.2) is 6.10 Å². The van der Waals surface area contributed by atoms with E-state index in [1.807, 2.05) is 44.2 Å². The Morgan fingerprint density at radius 2 is 1.93 bits per heavy atom. The summed E-state index contributed by atoms with van der Waals surface area (Å²) in [6.45, 7) is 5.76. The van der Waals surface area contributed by atoms with Crippen LogP contribution in [-0.4, -0.2) is 22.2 Å². The van der Waals surface area contributed by atoms with E-state index < -0.39 is 6.10 Å². The van der Waals surface area contributed by atoms with Crippen LogP contribution < -0.4 is 10.1 Å². The number of hydrogen-bond acceptors (Lipinski definition) is 5. The van der Waals surface area contributed by atoms with E-state index in [0.717, 1.165) is 11.1 Å². The van der Waals surface area contributed by atoms with E-state index in [2.05, 4.69) is 15.5 Å². The van der Waals surface area contributed by atoms with Gasteiger partial charge in [-0.25, -0.2) is 0 Å². The average Bonchev–Trinajstić information content (AvgIpc) is 3.07. The molecular formula is C20H20ClN3O3. The van der Waals surface area contributed by atoms with Gasteiger partial charge in [0.05, 0.1) is 11.6 Å². The van der Waals surface area contributed by atoms with Crippen molar-refractivity contribution in [3.63, 3.8) is 0 Å². The molecule has 0 aliphatic heterocycles. The molecule has 1 aromatic heterocycles. The third-order valence-corrected chi connectivity index (χ3v) is 4.20. The van der Waals surface area contributed by atoms with Crippen LogP contribution in [0.3, 0.4) is 0 Å². The second-order valence-electron chi connectivity index (χ2n) is 6.29. The quantitative estimate of drug-likeness (QED) is 0.691. The van der Waals surface area contributed by atoms with E-state index in [4.69, 9.17) is 20.9 Å². The number of nitrogens with zero attached hydrogens (tertiary/aromatic N) is 2. The summed E-state index contributed by atoms with van der Waals surface area (Å²) in [6.07, 6.45) is -0.655. The number of halogens is 1. The lowest BCUT2D eigenvalue weighted by Crippen LogP contribution is -2.36. The number of hydrogen-bond donors (Lipinski definition) is 1. The monoisotopic (exact) mass is 385 g/mol. The Balaban J connectivity index is 1.58. The first-order valence-corrected chi connectivity index (χ1v) is 8.90. The molecule has 0 spiro atoms. The van der Waals surface area contributed by atoms with Crippen molar-refractivity contribution in [2.75, 3.05) is 0 Å². The van der Waals surface area contributed by atoms with E-state index in [-0.39, 0.29) is 18.3 Å². The first-order chi connectivity index (χ1) is 12.9.